The Morgan fingerprint density at radius 2 is 2.00 bits per heavy atom. The number of halogens is 3. The van der Waals surface area contributed by atoms with E-state index >= 15 is 0 Å². The second kappa shape index (κ2) is 5.35. The van der Waals surface area contributed by atoms with E-state index in [-0.39, 0.29) is 17.8 Å². The maximum atomic E-state index is 12.8. The lowest BCUT2D eigenvalue weighted by Crippen LogP contribution is -2.20. The first-order valence-corrected chi connectivity index (χ1v) is 6.52. The summed E-state index contributed by atoms with van der Waals surface area (Å²) in [7, 11) is 0. The molecule has 0 aromatic rings. The topological polar surface area (TPSA) is 17.1 Å². The van der Waals surface area contributed by atoms with Gasteiger partial charge in [-0.1, -0.05) is 37.3 Å². The minimum absolute atomic E-state index is 0.0279. The van der Waals surface area contributed by atoms with Gasteiger partial charge >= 0.3 is 6.18 Å². The summed E-state index contributed by atoms with van der Waals surface area (Å²) in [5.74, 6) is -1.39. The molecule has 3 unspecified atom stereocenters. The second-order valence-corrected chi connectivity index (χ2v) is 5.32. The SMILES string of the molecule is C[C@@H]1C(C=O)CCC1C1=CC(C(F)(F)F)C=CC=C1. The van der Waals surface area contributed by atoms with Gasteiger partial charge in [-0.2, -0.15) is 13.2 Å². The standard InChI is InChI=1S/C15H17F3O/c1-10-12(9-19)6-7-14(10)11-4-2-3-5-13(8-11)15(16,17)18/h2-5,8-10,12-14H,6-7H2,1H3/t10-,12?,13?,14?/m1/s1. The Balaban J connectivity index is 2.24. The fraction of sp³-hybridized carbons (Fsp3) is 0.533. The Labute approximate surface area is 110 Å². The van der Waals surface area contributed by atoms with Crippen LogP contribution in [0.1, 0.15) is 19.8 Å². The number of alkyl halides is 3. The minimum atomic E-state index is -4.25. The normalized spacial score (nSPS) is 35.1. The second-order valence-electron chi connectivity index (χ2n) is 5.32. The summed E-state index contributed by atoms with van der Waals surface area (Å²) in [4.78, 5) is 10.9. The van der Waals surface area contributed by atoms with E-state index in [0.29, 0.717) is 5.57 Å². The van der Waals surface area contributed by atoms with E-state index in [9.17, 15) is 18.0 Å². The molecule has 19 heavy (non-hydrogen) atoms. The Kier molecular flexibility index (Phi) is 3.97. The van der Waals surface area contributed by atoms with Gasteiger partial charge in [-0.3, -0.25) is 0 Å². The molecule has 0 N–H and O–H groups in total. The van der Waals surface area contributed by atoms with Gasteiger partial charge in [0.1, 0.15) is 6.29 Å². The molecular weight excluding hydrogens is 253 g/mol. The van der Waals surface area contributed by atoms with E-state index in [0.717, 1.165) is 19.1 Å². The third kappa shape index (κ3) is 2.99. The number of carbonyl (C=O) groups excluding carboxylic acids is 1. The summed E-state index contributed by atoms with van der Waals surface area (Å²) < 4.78 is 38.5. The van der Waals surface area contributed by atoms with Crippen molar-refractivity contribution in [2.75, 3.05) is 0 Å². The third-order valence-corrected chi connectivity index (χ3v) is 4.19. The van der Waals surface area contributed by atoms with Crippen LogP contribution in [0.2, 0.25) is 0 Å². The maximum Gasteiger partial charge on any atom is 0.398 e. The zero-order chi connectivity index (χ0) is 14.0. The molecule has 0 aliphatic heterocycles. The van der Waals surface area contributed by atoms with E-state index < -0.39 is 12.1 Å². The van der Waals surface area contributed by atoms with Crippen molar-refractivity contribution in [1.82, 2.24) is 0 Å². The molecule has 0 spiro atoms. The highest BCUT2D eigenvalue weighted by Crippen LogP contribution is 2.42. The summed E-state index contributed by atoms with van der Waals surface area (Å²) in [6.45, 7) is 1.95. The fourth-order valence-electron chi connectivity index (χ4n) is 2.98. The largest absolute Gasteiger partial charge is 0.398 e. The quantitative estimate of drug-likeness (QED) is 0.691. The molecule has 2 aliphatic carbocycles. The third-order valence-electron chi connectivity index (χ3n) is 4.19. The van der Waals surface area contributed by atoms with Crippen LogP contribution in [-0.4, -0.2) is 12.5 Å². The van der Waals surface area contributed by atoms with Crippen molar-refractivity contribution >= 4 is 6.29 Å². The van der Waals surface area contributed by atoms with Crippen molar-refractivity contribution in [2.24, 2.45) is 23.7 Å². The van der Waals surface area contributed by atoms with Crippen LogP contribution in [0.4, 0.5) is 13.2 Å². The van der Waals surface area contributed by atoms with Crippen LogP contribution in [0.15, 0.2) is 36.0 Å². The number of allylic oxidation sites excluding steroid dienone is 6. The molecule has 1 nitrogen and oxygen atoms in total. The molecule has 4 heteroatoms. The minimum Gasteiger partial charge on any atom is -0.303 e. The van der Waals surface area contributed by atoms with Crippen LogP contribution in [0, 0.1) is 23.7 Å². The average Bonchev–Trinajstić information content (AvgIpc) is 2.57. The summed E-state index contributed by atoms with van der Waals surface area (Å²) in [5, 5.41) is 0. The maximum absolute atomic E-state index is 12.8. The van der Waals surface area contributed by atoms with Gasteiger partial charge < -0.3 is 4.79 Å². The lowest BCUT2D eigenvalue weighted by Gasteiger charge is -2.21. The molecule has 4 atom stereocenters. The zero-order valence-electron chi connectivity index (χ0n) is 10.7. The molecule has 2 aliphatic rings. The van der Waals surface area contributed by atoms with Gasteiger partial charge in [0.2, 0.25) is 0 Å². The van der Waals surface area contributed by atoms with Crippen LogP contribution in [0.25, 0.3) is 0 Å². The summed E-state index contributed by atoms with van der Waals surface area (Å²) in [6, 6.07) is 0. The molecule has 0 aromatic carbocycles. The highest BCUT2D eigenvalue weighted by atomic mass is 19.4. The Hall–Kier alpha value is -1.32. The predicted molar refractivity (Wildman–Crippen MR) is 67.4 cm³/mol. The average molecular weight is 270 g/mol. The van der Waals surface area contributed by atoms with Crippen molar-refractivity contribution in [3.05, 3.63) is 36.0 Å². The molecule has 0 saturated heterocycles. The smallest absolute Gasteiger partial charge is 0.303 e. The lowest BCUT2D eigenvalue weighted by atomic mass is 9.85. The first-order valence-electron chi connectivity index (χ1n) is 6.52. The number of hydrogen-bond acceptors (Lipinski definition) is 1. The van der Waals surface area contributed by atoms with Gasteiger partial charge in [-0.05, 0) is 30.3 Å². The van der Waals surface area contributed by atoms with E-state index in [1.54, 1.807) is 12.2 Å². The molecule has 0 heterocycles. The van der Waals surface area contributed by atoms with E-state index in [1.807, 2.05) is 6.92 Å². The molecular formula is C15H17F3O. The van der Waals surface area contributed by atoms with Crippen LogP contribution in [0.3, 0.4) is 0 Å². The van der Waals surface area contributed by atoms with Gasteiger partial charge in [0.15, 0.2) is 0 Å². The van der Waals surface area contributed by atoms with Gasteiger partial charge in [0.05, 0.1) is 5.92 Å². The van der Waals surface area contributed by atoms with E-state index in [1.165, 1.54) is 18.2 Å². The first kappa shape index (κ1) is 14.1. The van der Waals surface area contributed by atoms with Crippen molar-refractivity contribution in [1.29, 1.82) is 0 Å². The molecule has 1 saturated carbocycles. The Bertz CT molecular complexity index is 431. The first-order chi connectivity index (χ1) is 8.93. The number of hydrogen-bond donors (Lipinski definition) is 0. The number of carbonyl (C=O) groups is 1. The fourth-order valence-corrected chi connectivity index (χ4v) is 2.98. The summed E-state index contributed by atoms with van der Waals surface area (Å²) in [6.07, 6.45) is 5.54. The van der Waals surface area contributed by atoms with Crippen LogP contribution in [0.5, 0.6) is 0 Å². The monoisotopic (exact) mass is 270 g/mol. The summed E-state index contributed by atoms with van der Waals surface area (Å²) >= 11 is 0. The van der Waals surface area contributed by atoms with Gasteiger partial charge in [0.25, 0.3) is 0 Å². The number of rotatable bonds is 2. The highest BCUT2D eigenvalue weighted by Gasteiger charge is 2.39. The molecule has 0 aromatic heterocycles. The van der Waals surface area contributed by atoms with E-state index in [2.05, 4.69) is 0 Å². The molecule has 0 bridgehead atoms. The van der Waals surface area contributed by atoms with Crippen molar-refractivity contribution in [3.63, 3.8) is 0 Å². The zero-order valence-corrected chi connectivity index (χ0v) is 10.7. The van der Waals surface area contributed by atoms with Crippen molar-refractivity contribution in [3.8, 4) is 0 Å². The highest BCUT2D eigenvalue weighted by molar-refractivity contribution is 5.55. The predicted octanol–water partition coefficient (Wildman–Crippen LogP) is 4.08. The van der Waals surface area contributed by atoms with Gasteiger partial charge in [-0.25, -0.2) is 0 Å². The molecule has 0 radical (unpaired) electrons. The summed E-state index contributed by atoms with van der Waals surface area (Å²) in [5.41, 5.74) is 0.712. The van der Waals surface area contributed by atoms with Crippen molar-refractivity contribution < 1.29 is 18.0 Å². The molecule has 2 rings (SSSR count). The van der Waals surface area contributed by atoms with Crippen LogP contribution < -0.4 is 0 Å². The van der Waals surface area contributed by atoms with Gasteiger partial charge in [0, 0.05) is 5.92 Å². The van der Waals surface area contributed by atoms with Crippen molar-refractivity contribution in [2.45, 2.75) is 25.9 Å². The Morgan fingerprint density at radius 3 is 2.58 bits per heavy atom. The van der Waals surface area contributed by atoms with Crippen LogP contribution >= 0.6 is 0 Å². The van der Waals surface area contributed by atoms with Crippen LogP contribution in [-0.2, 0) is 4.79 Å². The molecule has 0 amide bonds. The Morgan fingerprint density at radius 1 is 1.26 bits per heavy atom. The molecule has 104 valence electrons. The number of aldehydes is 1. The van der Waals surface area contributed by atoms with Gasteiger partial charge in [-0.15, -0.1) is 0 Å². The lowest BCUT2D eigenvalue weighted by molar-refractivity contribution is -0.149. The molecule has 1 fully saturated rings. The van der Waals surface area contributed by atoms with E-state index in [4.69, 9.17) is 0 Å².